The molecule has 0 saturated carbocycles. The van der Waals surface area contributed by atoms with Gasteiger partial charge in [0.1, 0.15) is 11.2 Å². The topological polar surface area (TPSA) is 21.3 Å². The van der Waals surface area contributed by atoms with E-state index < -0.39 is 118 Å². The number of hydrogen-bond acceptors (Lipinski definition) is 2. The summed E-state index contributed by atoms with van der Waals surface area (Å²) < 4.78 is 146. The summed E-state index contributed by atoms with van der Waals surface area (Å²) in [6.07, 6.45) is 0. The summed E-state index contributed by atoms with van der Waals surface area (Å²) in [4.78, 5) is 1.21. The fourth-order valence-corrected chi connectivity index (χ4v) is 7.23. The number of fused-ring (bicyclic) bond motifs is 9. The summed E-state index contributed by atoms with van der Waals surface area (Å²) in [6.45, 7) is 0. The number of nitrogens with zero attached hydrogens (tertiary/aromatic N) is 2. The first-order valence-corrected chi connectivity index (χ1v) is 16.9. The van der Waals surface area contributed by atoms with Crippen LogP contribution in [0.5, 0.6) is 0 Å². The molecule has 11 rings (SSSR count). The van der Waals surface area contributed by atoms with E-state index in [0.717, 1.165) is 21.5 Å². The highest BCUT2D eigenvalue weighted by Gasteiger charge is 2.21. The van der Waals surface area contributed by atoms with Crippen LogP contribution < -0.4 is 4.90 Å². The summed E-state index contributed by atoms with van der Waals surface area (Å²) in [5.41, 5.74) is 0.0316. The van der Waals surface area contributed by atoms with E-state index in [-0.39, 0.29) is 17.1 Å². The Morgan fingerprint density at radius 2 is 1.19 bits per heavy atom. The van der Waals surface area contributed by atoms with Gasteiger partial charge in [0.15, 0.2) is 0 Å². The Kier molecular flexibility index (Phi) is 4.07. The predicted molar refractivity (Wildman–Crippen MR) is 223 cm³/mol. The van der Waals surface area contributed by atoms with Crippen LogP contribution in [0.2, 0.25) is 0 Å². The maximum Gasteiger partial charge on any atom is 0.143 e. The first-order chi connectivity index (χ1) is 32.6. The molecular formula is C50H32N2O. The van der Waals surface area contributed by atoms with Crippen molar-refractivity contribution in [3.63, 3.8) is 0 Å². The number of hydrogen-bond donors (Lipinski definition) is 0. The highest BCUT2D eigenvalue weighted by atomic mass is 16.3. The van der Waals surface area contributed by atoms with E-state index in [4.69, 9.17) is 12.6 Å². The van der Waals surface area contributed by atoms with Crippen molar-refractivity contribution >= 4 is 82.4 Å². The minimum absolute atomic E-state index is 0.0908. The molecule has 248 valence electrons. The van der Waals surface area contributed by atoms with Crippen LogP contribution in [-0.2, 0) is 0 Å². The zero-order valence-corrected chi connectivity index (χ0v) is 27.6. The molecular weight excluding hydrogens is 645 g/mol. The Morgan fingerprint density at radius 1 is 0.472 bits per heavy atom. The Bertz CT molecular complexity index is 3990. The summed E-state index contributed by atoms with van der Waals surface area (Å²) in [6, 6.07) is 20.8. The van der Waals surface area contributed by atoms with Crippen molar-refractivity contribution in [2.75, 3.05) is 4.90 Å². The minimum atomic E-state index is -0.799. The zero-order chi connectivity index (χ0) is 47.9. The van der Waals surface area contributed by atoms with E-state index in [1.165, 1.54) is 4.90 Å². The van der Waals surface area contributed by atoms with Crippen molar-refractivity contribution in [2.24, 2.45) is 0 Å². The van der Waals surface area contributed by atoms with Gasteiger partial charge in [-0.25, -0.2) is 0 Å². The largest absolute Gasteiger partial charge is 0.455 e. The van der Waals surface area contributed by atoms with Crippen LogP contribution in [0.15, 0.2) is 198 Å². The second-order valence-electron chi connectivity index (χ2n) is 12.5. The van der Waals surface area contributed by atoms with Crippen molar-refractivity contribution in [2.45, 2.75) is 0 Å². The second kappa shape index (κ2) is 11.7. The van der Waals surface area contributed by atoms with Crippen molar-refractivity contribution < 1.29 is 25.0 Å². The highest BCUT2D eigenvalue weighted by molar-refractivity contribution is 6.19. The lowest BCUT2D eigenvalue weighted by Crippen LogP contribution is -2.11. The number of rotatable bonds is 5. The average molecular weight is 692 g/mol. The Balaban J connectivity index is 1.28. The number of furan rings is 1. The Labute approximate surface area is 327 Å². The maximum absolute atomic E-state index is 10.1. The van der Waals surface area contributed by atoms with Crippen LogP contribution in [0.3, 0.4) is 0 Å². The quantitative estimate of drug-likeness (QED) is 0.179. The average Bonchev–Trinajstić information content (AvgIpc) is 3.89. The molecule has 0 saturated heterocycles. The van der Waals surface area contributed by atoms with Crippen LogP contribution >= 0.6 is 0 Å². The lowest BCUT2D eigenvalue weighted by atomic mass is 10.0. The van der Waals surface area contributed by atoms with Gasteiger partial charge in [0.2, 0.25) is 0 Å². The van der Waals surface area contributed by atoms with Gasteiger partial charge in [-0.3, -0.25) is 0 Å². The molecule has 0 aliphatic rings. The standard InChI is InChI=1S/C50H32N2O/c1-2-13-36-31-37(24-23-33(36)11-1)34-25-28-38(29-26-34)51(47-21-10-22-48-49(47)44-30-27-35-12-3-4-16-41(35)50(44)53-48)39-14-9-15-40(32-39)52-45-19-7-5-17-42(45)43-18-6-8-20-46(43)52/h1-32H/i1D,2D,9D,11D,13D,14D,15D,23D,24D,25D,26D,28D,29D,31D,32D. The van der Waals surface area contributed by atoms with Crippen molar-refractivity contribution in [1.29, 1.82) is 0 Å². The van der Waals surface area contributed by atoms with E-state index >= 15 is 0 Å². The minimum Gasteiger partial charge on any atom is -0.455 e. The molecule has 2 heterocycles. The third kappa shape index (κ3) is 4.68. The molecule has 0 radical (unpaired) electrons. The molecule has 0 amide bonds. The highest BCUT2D eigenvalue weighted by Crippen LogP contribution is 2.45. The fourth-order valence-electron chi connectivity index (χ4n) is 7.23. The molecule has 0 spiro atoms. The van der Waals surface area contributed by atoms with E-state index in [0.29, 0.717) is 33.0 Å². The van der Waals surface area contributed by atoms with E-state index in [9.17, 15) is 12.3 Å². The van der Waals surface area contributed by atoms with Crippen LogP contribution in [0.1, 0.15) is 20.6 Å². The normalized spacial score (nSPS) is 15.7. The van der Waals surface area contributed by atoms with Gasteiger partial charge in [-0.15, -0.1) is 0 Å². The first kappa shape index (κ1) is 18.4. The molecule has 0 aliphatic heterocycles. The van der Waals surface area contributed by atoms with Gasteiger partial charge in [-0.05, 0) is 93.9 Å². The van der Waals surface area contributed by atoms with Crippen molar-refractivity contribution in [1.82, 2.24) is 4.57 Å². The SMILES string of the molecule is [2H]c1c([2H])c(N(c2c([2H])c([2H])c(-c3c([2H])c([2H])c4c([2H])c([2H])c([2H])c([2H])c4c3[2H])c([2H])c2[2H])c2cccc3oc4c5ccccc5ccc4c23)c([2H])c(-n2c3ccccc3c3ccccc32)c1[2H]. The molecule has 0 bridgehead atoms. The van der Waals surface area contributed by atoms with Crippen molar-refractivity contribution in [3.8, 4) is 16.8 Å². The Hall–Kier alpha value is -7.10. The molecule has 0 fully saturated rings. The zero-order valence-electron chi connectivity index (χ0n) is 42.6. The second-order valence-corrected chi connectivity index (χ2v) is 12.5. The molecule has 3 nitrogen and oxygen atoms in total. The van der Waals surface area contributed by atoms with Gasteiger partial charge in [0.05, 0.1) is 42.7 Å². The summed E-state index contributed by atoms with van der Waals surface area (Å²) in [5, 5.41) is 3.35. The van der Waals surface area contributed by atoms with Gasteiger partial charge >= 0.3 is 0 Å². The number of para-hydroxylation sites is 2. The first-order valence-electron chi connectivity index (χ1n) is 24.4. The van der Waals surface area contributed by atoms with E-state index in [1.807, 2.05) is 72.8 Å². The number of aromatic nitrogens is 1. The molecule has 53 heavy (non-hydrogen) atoms. The van der Waals surface area contributed by atoms with Gasteiger partial charge in [0, 0.05) is 38.6 Å². The van der Waals surface area contributed by atoms with E-state index in [2.05, 4.69) is 0 Å². The number of benzene rings is 9. The lowest BCUT2D eigenvalue weighted by molar-refractivity contribution is 0.672. The van der Waals surface area contributed by atoms with E-state index in [1.54, 1.807) is 34.9 Å². The van der Waals surface area contributed by atoms with Gasteiger partial charge in [0.25, 0.3) is 0 Å². The third-order valence-corrected chi connectivity index (χ3v) is 9.57. The molecule has 0 aliphatic carbocycles. The Morgan fingerprint density at radius 3 is 2.00 bits per heavy atom. The summed E-state index contributed by atoms with van der Waals surface area (Å²) in [5.74, 6) is 0. The monoisotopic (exact) mass is 691 g/mol. The van der Waals surface area contributed by atoms with Gasteiger partial charge < -0.3 is 13.9 Å². The summed E-state index contributed by atoms with van der Waals surface area (Å²) in [7, 11) is 0. The fraction of sp³-hybridized carbons (Fsp3) is 0. The molecule has 3 heteroatoms. The van der Waals surface area contributed by atoms with Gasteiger partial charge in [-0.2, -0.15) is 0 Å². The summed E-state index contributed by atoms with van der Waals surface area (Å²) >= 11 is 0. The van der Waals surface area contributed by atoms with Crippen LogP contribution in [0, 0.1) is 0 Å². The number of anilines is 3. The smallest absolute Gasteiger partial charge is 0.143 e. The maximum atomic E-state index is 10.1. The molecule has 2 aromatic heterocycles. The molecule has 0 N–H and O–H groups in total. The molecule has 9 aromatic carbocycles. The molecule has 0 atom stereocenters. The van der Waals surface area contributed by atoms with Crippen molar-refractivity contribution in [3.05, 3.63) is 194 Å². The third-order valence-electron chi connectivity index (χ3n) is 9.57. The van der Waals surface area contributed by atoms with Crippen LogP contribution in [-0.4, -0.2) is 4.57 Å². The molecule has 0 unspecified atom stereocenters. The van der Waals surface area contributed by atoms with Crippen LogP contribution in [0.25, 0.3) is 82.1 Å². The lowest BCUT2D eigenvalue weighted by Gasteiger charge is -2.27. The predicted octanol–water partition coefficient (Wildman–Crippen LogP) is 14.1. The van der Waals surface area contributed by atoms with Gasteiger partial charge in [-0.1, -0.05) is 127 Å². The molecule has 11 aromatic rings. The van der Waals surface area contributed by atoms with Crippen LogP contribution in [0.4, 0.5) is 17.1 Å².